The maximum absolute atomic E-state index is 12.6. The highest BCUT2D eigenvalue weighted by atomic mass is 16.2. The molecule has 0 heterocycles. The summed E-state index contributed by atoms with van der Waals surface area (Å²) < 4.78 is 0. The van der Waals surface area contributed by atoms with Gasteiger partial charge in [-0.3, -0.25) is 9.59 Å². The highest BCUT2D eigenvalue weighted by Crippen LogP contribution is 2.42. The van der Waals surface area contributed by atoms with E-state index in [2.05, 4.69) is 48.4 Å². The summed E-state index contributed by atoms with van der Waals surface area (Å²) in [6.45, 7) is 8.91. The number of fused-ring (bicyclic) bond motifs is 1. The number of nitrogens with two attached hydrogens (primary N) is 1. The summed E-state index contributed by atoms with van der Waals surface area (Å²) in [5.41, 5.74) is 9.33. The molecule has 5 heteroatoms. The van der Waals surface area contributed by atoms with Crippen LogP contribution in [0.15, 0.2) is 36.5 Å². The molecule has 0 radical (unpaired) electrons. The van der Waals surface area contributed by atoms with E-state index in [1.807, 2.05) is 0 Å². The van der Waals surface area contributed by atoms with Gasteiger partial charge in [0, 0.05) is 18.7 Å². The number of ketones is 1. The van der Waals surface area contributed by atoms with E-state index in [-0.39, 0.29) is 17.7 Å². The van der Waals surface area contributed by atoms with Crippen molar-refractivity contribution in [3.05, 3.63) is 47.7 Å². The lowest BCUT2D eigenvalue weighted by molar-refractivity contribution is -0.129. The van der Waals surface area contributed by atoms with Crippen molar-refractivity contribution in [3.8, 4) is 0 Å². The van der Waals surface area contributed by atoms with Crippen molar-refractivity contribution in [2.45, 2.75) is 77.4 Å². The summed E-state index contributed by atoms with van der Waals surface area (Å²) in [4.78, 5) is 24.5. The number of allylic oxidation sites excluding steroid dienone is 1. The molecule has 0 bridgehead atoms. The van der Waals surface area contributed by atoms with E-state index in [0.717, 1.165) is 44.3 Å². The first-order valence-electron chi connectivity index (χ1n) is 11.4. The van der Waals surface area contributed by atoms with Crippen LogP contribution in [0.25, 0.3) is 0 Å². The minimum Gasteiger partial charge on any atom is -0.385 e. The number of carbonyl (C=O) groups excluding carboxylic acids is 2. The van der Waals surface area contributed by atoms with Crippen LogP contribution in [0, 0.1) is 24.7 Å². The standard InChI is InChI=1S/C25H37N3O2/c1-16-5-4-6-19(13-16)15-27-18(3)21-8-7-20-9-11-23(28-25(30)17(2)26)24(29)12-10-22(20)14-21/h4-6,13,17,20-23,27H,3,7-12,14-15,26H2,1-2H3,(H,28,30)/t17-,20+,21+,22?,23-/m0/s1. The van der Waals surface area contributed by atoms with E-state index in [4.69, 9.17) is 5.73 Å². The normalized spacial score (nSPS) is 27.9. The third kappa shape index (κ3) is 5.94. The number of Topliss-reactive ketones (excluding diaryl/α,β-unsaturated/α-hetero) is 1. The number of carbonyl (C=O) groups is 2. The number of nitrogens with one attached hydrogen (secondary N) is 2. The van der Waals surface area contributed by atoms with Gasteiger partial charge in [0.25, 0.3) is 0 Å². The van der Waals surface area contributed by atoms with Crippen molar-refractivity contribution in [1.82, 2.24) is 10.6 Å². The zero-order valence-electron chi connectivity index (χ0n) is 18.5. The summed E-state index contributed by atoms with van der Waals surface area (Å²) in [7, 11) is 0. The minimum atomic E-state index is -0.579. The van der Waals surface area contributed by atoms with Crippen LogP contribution in [0.5, 0.6) is 0 Å². The smallest absolute Gasteiger partial charge is 0.237 e. The zero-order valence-corrected chi connectivity index (χ0v) is 18.5. The Morgan fingerprint density at radius 2 is 1.97 bits per heavy atom. The Balaban J connectivity index is 1.52. The predicted molar refractivity (Wildman–Crippen MR) is 121 cm³/mol. The monoisotopic (exact) mass is 411 g/mol. The average molecular weight is 412 g/mol. The summed E-state index contributed by atoms with van der Waals surface area (Å²) in [5, 5.41) is 6.40. The number of benzene rings is 1. The quantitative estimate of drug-likeness (QED) is 0.668. The van der Waals surface area contributed by atoms with Crippen LogP contribution >= 0.6 is 0 Å². The van der Waals surface area contributed by atoms with E-state index in [0.29, 0.717) is 24.2 Å². The molecule has 0 spiro atoms. The fraction of sp³-hybridized carbons (Fsp3) is 0.600. The summed E-state index contributed by atoms with van der Waals surface area (Å²) in [5.74, 6) is 1.59. The van der Waals surface area contributed by atoms with Gasteiger partial charge in [-0.2, -0.15) is 0 Å². The fourth-order valence-corrected chi connectivity index (χ4v) is 5.06. The Bertz CT molecular complexity index is 773. The molecule has 1 unspecified atom stereocenters. The molecule has 164 valence electrons. The number of hydrogen-bond acceptors (Lipinski definition) is 4. The molecule has 5 nitrogen and oxygen atoms in total. The molecular formula is C25H37N3O2. The van der Waals surface area contributed by atoms with Crippen LogP contribution in [0.2, 0.25) is 0 Å². The molecule has 3 rings (SSSR count). The SMILES string of the molecule is C=C(NCc1cccc(C)c1)[C@@H]1CC[C@@H]2CC[C@H](NC(=O)[C@H](C)N)C(=O)CCC2C1. The van der Waals surface area contributed by atoms with Crippen molar-refractivity contribution < 1.29 is 9.59 Å². The van der Waals surface area contributed by atoms with E-state index < -0.39 is 6.04 Å². The van der Waals surface area contributed by atoms with Crippen molar-refractivity contribution in [2.24, 2.45) is 23.5 Å². The number of rotatable bonds is 6. The second-order valence-corrected chi connectivity index (χ2v) is 9.33. The van der Waals surface area contributed by atoms with Gasteiger partial charge in [0.2, 0.25) is 5.91 Å². The molecule has 30 heavy (non-hydrogen) atoms. The number of hydrogen-bond donors (Lipinski definition) is 3. The van der Waals surface area contributed by atoms with Gasteiger partial charge < -0.3 is 16.4 Å². The Labute approximate surface area is 180 Å². The van der Waals surface area contributed by atoms with Gasteiger partial charge in [0.1, 0.15) is 0 Å². The van der Waals surface area contributed by atoms with Crippen LogP contribution in [-0.2, 0) is 16.1 Å². The van der Waals surface area contributed by atoms with Crippen molar-refractivity contribution in [3.63, 3.8) is 0 Å². The molecule has 0 aliphatic heterocycles. The summed E-state index contributed by atoms with van der Waals surface area (Å²) >= 11 is 0. The van der Waals surface area contributed by atoms with E-state index in [1.54, 1.807) is 6.92 Å². The van der Waals surface area contributed by atoms with Gasteiger partial charge in [-0.15, -0.1) is 0 Å². The molecule has 2 aliphatic rings. The molecule has 0 aromatic heterocycles. The Morgan fingerprint density at radius 3 is 2.70 bits per heavy atom. The first kappa shape index (κ1) is 22.5. The average Bonchev–Trinajstić information content (AvgIpc) is 2.72. The fourth-order valence-electron chi connectivity index (χ4n) is 5.06. The van der Waals surface area contributed by atoms with Gasteiger partial charge in [-0.05, 0) is 75.7 Å². The lowest BCUT2D eigenvalue weighted by atomic mass is 9.68. The second-order valence-electron chi connectivity index (χ2n) is 9.33. The van der Waals surface area contributed by atoms with Gasteiger partial charge >= 0.3 is 0 Å². The molecule has 1 aromatic carbocycles. The molecule has 5 atom stereocenters. The Hall–Kier alpha value is -2.14. The highest BCUT2D eigenvalue weighted by Gasteiger charge is 2.35. The van der Waals surface area contributed by atoms with Crippen molar-refractivity contribution in [2.75, 3.05) is 0 Å². The lowest BCUT2D eigenvalue weighted by Crippen LogP contribution is -2.48. The molecule has 2 fully saturated rings. The largest absolute Gasteiger partial charge is 0.385 e. The lowest BCUT2D eigenvalue weighted by Gasteiger charge is -2.39. The molecule has 4 N–H and O–H groups in total. The van der Waals surface area contributed by atoms with Gasteiger partial charge in [0.05, 0.1) is 12.1 Å². The summed E-state index contributed by atoms with van der Waals surface area (Å²) in [6.07, 6.45) is 6.60. The minimum absolute atomic E-state index is 0.154. The topological polar surface area (TPSA) is 84.2 Å². The molecule has 2 saturated carbocycles. The maximum Gasteiger partial charge on any atom is 0.237 e. The second kappa shape index (κ2) is 10.3. The molecule has 1 amide bonds. The zero-order chi connectivity index (χ0) is 21.7. The molecule has 0 saturated heterocycles. The Kier molecular flexibility index (Phi) is 7.70. The van der Waals surface area contributed by atoms with Crippen molar-refractivity contribution in [1.29, 1.82) is 0 Å². The molecule has 1 aromatic rings. The van der Waals surface area contributed by atoms with Gasteiger partial charge in [-0.25, -0.2) is 0 Å². The highest BCUT2D eigenvalue weighted by molar-refractivity contribution is 5.90. The number of aryl methyl sites for hydroxylation is 1. The Morgan fingerprint density at radius 1 is 1.20 bits per heavy atom. The predicted octanol–water partition coefficient (Wildman–Crippen LogP) is 3.61. The van der Waals surface area contributed by atoms with Crippen LogP contribution < -0.4 is 16.4 Å². The van der Waals surface area contributed by atoms with Crippen LogP contribution in [0.3, 0.4) is 0 Å². The third-order valence-electron chi connectivity index (χ3n) is 6.94. The third-order valence-corrected chi connectivity index (χ3v) is 6.94. The first-order chi connectivity index (χ1) is 14.3. The van der Waals surface area contributed by atoms with Crippen LogP contribution in [0.1, 0.15) is 63.0 Å². The van der Waals surface area contributed by atoms with E-state index >= 15 is 0 Å². The number of amides is 1. The first-order valence-corrected chi connectivity index (χ1v) is 11.4. The van der Waals surface area contributed by atoms with Crippen molar-refractivity contribution >= 4 is 11.7 Å². The molecular weight excluding hydrogens is 374 g/mol. The van der Waals surface area contributed by atoms with E-state index in [1.165, 1.54) is 17.5 Å². The van der Waals surface area contributed by atoms with Crippen LogP contribution in [-0.4, -0.2) is 23.8 Å². The maximum atomic E-state index is 12.6. The van der Waals surface area contributed by atoms with Crippen LogP contribution in [0.4, 0.5) is 0 Å². The molecule has 2 aliphatic carbocycles. The van der Waals surface area contributed by atoms with Gasteiger partial charge in [-0.1, -0.05) is 36.4 Å². The summed E-state index contributed by atoms with van der Waals surface area (Å²) in [6, 6.07) is 7.61. The van der Waals surface area contributed by atoms with Gasteiger partial charge in [0.15, 0.2) is 5.78 Å². The van der Waals surface area contributed by atoms with E-state index in [9.17, 15) is 9.59 Å².